The summed E-state index contributed by atoms with van der Waals surface area (Å²) in [7, 11) is 0. The van der Waals surface area contributed by atoms with Crippen molar-refractivity contribution in [2.75, 3.05) is 0 Å². The number of aromatic nitrogens is 4. The summed E-state index contributed by atoms with van der Waals surface area (Å²) in [6.45, 7) is 0. The molecule has 0 spiro atoms. The molecule has 1 heterocycles. The molecule has 3 rings (SSSR count). The number of para-hydroxylation sites is 1. The van der Waals surface area contributed by atoms with E-state index in [4.69, 9.17) is 0 Å². The van der Waals surface area contributed by atoms with E-state index in [1.165, 1.54) is 22.9 Å². The van der Waals surface area contributed by atoms with Crippen LogP contribution >= 0.6 is 0 Å². The SMILES string of the molecule is O=C(O)c1cccc(F)c1-n1nnnc1C1CCCC1. The maximum atomic E-state index is 14.1. The van der Waals surface area contributed by atoms with Gasteiger partial charge in [-0.15, -0.1) is 5.10 Å². The molecule has 0 radical (unpaired) electrons. The normalized spacial score (nSPS) is 15.7. The Bertz CT molecular complexity index is 650. The second-order valence-corrected chi connectivity index (χ2v) is 4.87. The number of carbonyl (C=O) groups is 1. The van der Waals surface area contributed by atoms with Gasteiger partial charge in [0.25, 0.3) is 0 Å². The van der Waals surface area contributed by atoms with Crippen molar-refractivity contribution in [1.82, 2.24) is 20.2 Å². The molecule has 1 aromatic carbocycles. The summed E-state index contributed by atoms with van der Waals surface area (Å²) in [4.78, 5) is 11.3. The van der Waals surface area contributed by atoms with Gasteiger partial charge in [0, 0.05) is 5.92 Å². The molecule has 1 fully saturated rings. The van der Waals surface area contributed by atoms with Crippen molar-refractivity contribution in [2.24, 2.45) is 0 Å². The van der Waals surface area contributed by atoms with Crippen molar-refractivity contribution in [2.45, 2.75) is 31.6 Å². The van der Waals surface area contributed by atoms with E-state index in [-0.39, 0.29) is 17.2 Å². The summed E-state index contributed by atoms with van der Waals surface area (Å²) in [5.41, 5.74) is -0.233. The Morgan fingerprint density at radius 2 is 2.10 bits per heavy atom. The molecule has 104 valence electrons. The Labute approximate surface area is 114 Å². The van der Waals surface area contributed by atoms with Crippen molar-refractivity contribution < 1.29 is 14.3 Å². The summed E-state index contributed by atoms with van der Waals surface area (Å²) in [6, 6.07) is 3.92. The zero-order chi connectivity index (χ0) is 14.1. The first-order valence-corrected chi connectivity index (χ1v) is 6.49. The van der Waals surface area contributed by atoms with E-state index < -0.39 is 11.8 Å². The molecule has 0 atom stereocenters. The number of carboxylic acids is 1. The van der Waals surface area contributed by atoms with Gasteiger partial charge in [-0.25, -0.2) is 9.18 Å². The minimum absolute atomic E-state index is 0.0908. The van der Waals surface area contributed by atoms with Gasteiger partial charge in [-0.05, 0) is 35.4 Å². The zero-order valence-corrected chi connectivity index (χ0v) is 10.7. The predicted octanol–water partition coefficient (Wildman–Crippen LogP) is 2.16. The second-order valence-electron chi connectivity index (χ2n) is 4.87. The van der Waals surface area contributed by atoms with Gasteiger partial charge >= 0.3 is 5.97 Å². The number of carboxylic acid groups (broad SMARTS) is 1. The molecule has 7 heteroatoms. The van der Waals surface area contributed by atoms with Gasteiger partial charge in [-0.1, -0.05) is 18.9 Å². The van der Waals surface area contributed by atoms with Gasteiger partial charge in [-0.3, -0.25) is 0 Å². The Balaban J connectivity index is 2.14. The van der Waals surface area contributed by atoms with Gasteiger partial charge in [0.15, 0.2) is 5.82 Å². The van der Waals surface area contributed by atoms with Gasteiger partial charge in [0.2, 0.25) is 0 Å². The number of hydrogen-bond acceptors (Lipinski definition) is 4. The number of nitrogens with zero attached hydrogens (tertiary/aromatic N) is 4. The molecule has 20 heavy (non-hydrogen) atoms. The Kier molecular flexibility index (Phi) is 3.17. The van der Waals surface area contributed by atoms with Crippen molar-refractivity contribution in [3.05, 3.63) is 35.4 Å². The molecule has 0 aliphatic heterocycles. The minimum atomic E-state index is -1.20. The van der Waals surface area contributed by atoms with E-state index >= 15 is 0 Å². The maximum absolute atomic E-state index is 14.1. The van der Waals surface area contributed by atoms with Crippen molar-refractivity contribution in [3.8, 4) is 5.69 Å². The average Bonchev–Trinajstić information content (AvgIpc) is 3.08. The molecule has 1 aliphatic carbocycles. The predicted molar refractivity (Wildman–Crippen MR) is 67.3 cm³/mol. The van der Waals surface area contributed by atoms with Crippen molar-refractivity contribution >= 4 is 5.97 Å². The lowest BCUT2D eigenvalue weighted by atomic mass is 10.1. The van der Waals surface area contributed by atoms with Crippen LogP contribution in [-0.4, -0.2) is 31.3 Å². The minimum Gasteiger partial charge on any atom is -0.478 e. The van der Waals surface area contributed by atoms with Gasteiger partial charge in [0.05, 0.1) is 5.56 Å². The van der Waals surface area contributed by atoms with Crippen molar-refractivity contribution in [3.63, 3.8) is 0 Å². The lowest BCUT2D eigenvalue weighted by Gasteiger charge is -2.12. The fourth-order valence-corrected chi connectivity index (χ4v) is 2.70. The van der Waals surface area contributed by atoms with Crippen LogP contribution in [0.3, 0.4) is 0 Å². The number of hydrogen-bond donors (Lipinski definition) is 1. The zero-order valence-electron chi connectivity index (χ0n) is 10.7. The summed E-state index contributed by atoms with van der Waals surface area (Å²) >= 11 is 0. The third-order valence-electron chi connectivity index (χ3n) is 3.64. The highest BCUT2D eigenvalue weighted by Gasteiger charge is 2.27. The Morgan fingerprint density at radius 3 is 2.80 bits per heavy atom. The molecule has 1 saturated carbocycles. The molecule has 0 amide bonds. The first-order chi connectivity index (χ1) is 9.68. The second kappa shape index (κ2) is 4.99. The molecular formula is C13H13FN4O2. The first kappa shape index (κ1) is 12.7. The van der Waals surface area contributed by atoms with Gasteiger partial charge < -0.3 is 5.11 Å². The Hall–Kier alpha value is -2.31. The highest BCUT2D eigenvalue weighted by molar-refractivity contribution is 5.92. The lowest BCUT2D eigenvalue weighted by molar-refractivity contribution is 0.0696. The highest BCUT2D eigenvalue weighted by Crippen LogP contribution is 2.34. The van der Waals surface area contributed by atoms with Crippen LogP contribution in [0.25, 0.3) is 5.69 Å². The van der Waals surface area contributed by atoms with E-state index in [9.17, 15) is 14.3 Å². The van der Waals surface area contributed by atoms with Crippen LogP contribution in [0, 0.1) is 5.82 Å². The molecule has 0 saturated heterocycles. The third-order valence-corrected chi connectivity index (χ3v) is 3.64. The monoisotopic (exact) mass is 276 g/mol. The number of rotatable bonds is 3. The third kappa shape index (κ3) is 2.04. The topological polar surface area (TPSA) is 80.9 Å². The number of benzene rings is 1. The van der Waals surface area contributed by atoms with E-state index in [0.717, 1.165) is 25.7 Å². The van der Waals surface area contributed by atoms with Gasteiger partial charge in [-0.2, -0.15) is 4.68 Å². The summed E-state index contributed by atoms with van der Waals surface area (Å²) < 4.78 is 15.3. The highest BCUT2D eigenvalue weighted by atomic mass is 19.1. The summed E-state index contributed by atoms with van der Waals surface area (Å²) in [5, 5.41) is 20.5. The fraction of sp³-hybridized carbons (Fsp3) is 0.385. The molecule has 0 bridgehead atoms. The van der Waals surface area contributed by atoms with Crippen LogP contribution in [0.5, 0.6) is 0 Å². The summed E-state index contributed by atoms with van der Waals surface area (Å²) in [6.07, 6.45) is 4.05. The molecule has 1 N–H and O–H groups in total. The molecule has 1 aromatic heterocycles. The van der Waals surface area contributed by atoms with Crippen LogP contribution in [0.15, 0.2) is 18.2 Å². The molecular weight excluding hydrogens is 263 g/mol. The van der Waals surface area contributed by atoms with Crippen LogP contribution < -0.4 is 0 Å². The standard InChI is InChI=1S/C13H13FN4O2/c14-10-7-3-6-9(13(19)20)11(10)18-12(15-16-17-18)8-4-1-2-5-8/h3,6-8H,1-2,4-5H2,(H,19,20). The maximum Gasteiger partial charge on any atom is 0.338 e. The van der Waals surface area contributed by atoms with E-state index in [1.807, 2.05) is 0 Å². The molecule has 6 nitrogen and oxygen atoms in total. The van der Waals surface area contributed by atoms with Crippen LogP contribution in [-0.2, 0) is 0 Å². The van der Waals surface area contributed by atoms with Crippen LogP contribution in [0.2, 0.25) is 0 Å². The van der Waals surface area contributed by atoms with Crippen molar-refractivity contribution in [1.29, 1.82) is 0 Å². The number of tetrazole rings is 1. The molecule has 2 aromatic rings. The summed E-state index contributed by atoms with van der Waals surface area (Å²) in [5.74, 6) is -1.15. The number of aromatic carboxylic acids is 1. The molecule has 0 unspecified atom stereocenters. The number of halogens is 1. The van der Waals surface area contributed by atoms with E-state index in [1.54, 1.807) is 0 Å². The van der Waals surface area contributed by atoms with Crippen LogP contribution in [0.4, 0.5) is 4.39 Å². The van der Waals surface area contributed by atoms with Gasteiger partial charge in [0.1, 0.15) is 11.5 Å². The van der Waals surface area contributed by atoms with E-state index in [2.05, 4.69) is 15.5 Å². The largest absolute Gasteiger partial charge is 0.478 e. The average molecular weight is 276 g/mol. The Morgan fingerprint density at radius 1 is 1.35 bits per heavy atom. The first-order valence-electron chi connectivity index (χ1n) is 6.49. The fourth-order valence-electron chi connectivity index (χ4n) is 2.70. The van der Waals surface area contributed by atoms with Crippen LogP contribution in [0.1, 0.15) is 47.8 Å². The van der Waals surface area contributed by atoms with E-state index in [0.29, 0.717) is 5.82 Å². The smallest absolute Gasteiger partial charge is 0.338 e. The quantitative estimate of drug-likeness (QED) is 0.929. The molecule has 1 aliphatic rings. The lowest BCUT2D eigenvalue weighted by Crippen LogP contribution is -2.13.